The summed E-state index contributed by atoms with van der Waals surface area (Å²) >= 11 is 0. The molecule has 13 heteroatoms. The summed E-state index contributed by atoms with van der Waals surface area (Å²) in [5.41, 5.74) is -2.06. The average molecular weight is 542 g/mol. The Labute approximate surface area is 222 Å². The summed E-state index contributed by atoms with van der Waals surface area (Å²) < 4.78 is 46.2. The first-order valence-electron chi connectivity index (χ1n) is 12.2. The van der Waals surface area contributed by atoms with Gasteiger partial charge in [-0.05, 0) is 17.7 Å². The van der Waals surface area contributed by atoms with Crippen LogP contribution in [0.2, 0.25) is 0 Å². The fraction of sp³-hybridized carbons (Fsp3) is 0.346. The maximum absolute atomic E-state index is 13.5. The number of hydrogen-bond acceptors (Lipinski definition) is 8. The molecule has 0 aliphatic carbocycles. The first-order chi connectivity index (χ1) is 18.8. The molecule has 1 atom stereocenters. The van der Waals surface area contributed by atoms with Gasteiger partial charge in [-0.15, -0.1) is 0 Å². The van der Waals surface area contributed by atoms with Gasteiger partial charge in [0.05, 0.1) is 43.1 Å². The SMILES string of the molecule is N#Cc1ccc(N2CCN(C(=O)CCOC[C@@H](Nc3cn[nH]c(=O)c3C(F)(F)F)c3ccccc3)CC2)nc1. The van der Waals surface area contributed by atoms with E-state index in [4.69, 9.17) is 10.00 Å². The number of aromatic nitrogens is 3. The number of hydrogen-bond donors (Lipinski definition) is 2. The van der Waals surface area contributed by atoms with Gasteiger partial charge in [-0.3, -0.25) is 9.59 Å². The number of amides is 1. The molecule has 204 valence electrons. The molecule has 3 aromatic rings. The number of aromatic amines is 1. The number of ether oxygens (including phenoxy) is 1. The smallest absolute Gasteiger partial charge is 0.378 e. The van der Waals surface area contributed by atoms with Crippen molar-refractivity contribution in [1.82, 2.24) is 20.1 Å². The highest BCUT2D eigenvalue weighted by Gasteiger charge is 2.38. The van der Waals surface area contributed by atoms with Gasteiger partial charge in [0.25, 0.3) is 5.56 Å². The lowest BCUT2D eigenvalue weighted by Gasteiger charge is -2.35. The van der Waals surface area contributed by atoms with Crippen LogP contribution in [0.1, 0.15) is 29.2 Å². The third kappa shape index (κ3) is 7.11. The van der Waals surface area contributed by atoms with Crippen LogP contribution in [0.3, 0.4) is 0 Å². The number of carbonyl (C=O) groups is 1. The van der Waals surface area contributed by atoms with Crippen LogP contribution in [0.5, 0.6) is 0 Å². The van der Waals surface area contributed by atoms with Crippen molar-refractivity contribution in [1.29, 1.82) is 5.26 Å². The van der Waals surface area contributed by atoms with Crippen molar-refractivity contribution in [3.63, 3.8) is 0 Å². The van der Waals surface area contributed by atoms with Gasteiger partial charge < -0.3 is 19.9 Å². The van der Waals surface area contributed by atoms with E-state index in [9.17, 15) is 22.8 Å². The van der Waals surface area contributed by atoms with Gasteiger partial charge in [0, 0.05) is 32.4 Å². The highest BCUT2D eigenvalue weighted by molar-refractivity contribution is 5.76. The molecule has 0 spiro atoms. The quantitative estimate of drug-likeness (QED) is 0.396. The number of pyridine rings is 1. The molecule has 1 amide bonds. The largest absolute Gasteiger partial charge is 0.423 e. The Balaban J connectivity index is 1.31. The maximum atomic E-state index is 13.5. The molecule has 2 N–H and O–H groups in total. The Kier molecular flexibility index (Phi) is 8.77. The first-order valence-corrected chi connectivity index (χ1v) is 12.2. The molecule has 2 aromatic heterocycles. The average Bonchev–Trinajstić information content (AvgIpc) is 2.94. The normalized spacial score (nSPS) is 14.5. The van der Waals surface area contributed by atoms with E-state index >= 15 is 0 Å². The molecule has 10 nitrogen and oxygen atoms in total. The zero-order chi connectivity index (χ0) is 27.8. The van der Waals surface area contributed by atoms with E-state index in [2.05, 4.69) is 15.4 Å². The van der Waals surface area contributed by atoms with Crippen LogP contribution in [-0.4, -0.2) is 65.4 Å². The second kappa shape index (κ2) is 12.4. The van der Waals surface area contributed by atoms with Crippen molar-refractivity contribution in [2.45, 2.75) is 18.6 Å². The number of anilines is 2. The lowest BCUT2D eigenvalue weighted by molar-refractivity contribution is -0.138. The van der Waals surface area contributed by atoms with E-state index in [0.717, 1.165) is 12.0 Å². The molecule has 0 unspecified atom stereocenters. The van der Waals surface area contributed by atoms with E-state index in [1.165, 1.54) is 6.20 Å². The van der Waals surface area contributed by atoms with Gasteiger partial charge in [0.15, 0.2) is 0 Å². The van der Waals surface area contributed by atoms with Crippen molar-refractivity contribution in [3.05, 3.63) is 81.9 Å². The Morgan fingerprint density at radius 1 is 1.13 bits per heavy atom. The number of alkyl halides is 3. The summed E-state index contributed by atoms with van der Waals surface area (Å²) in [4.78, 5) is 32.6. The number of nitrogens with one attached hydrogen (secondary N) is 2. The van der Waals surface area contributed by atoms with Crippen molar-refractivity contribution in [3.8, 4) is 6.07 Å². The summed E-state index contributed by atoms with van der Waals surface area (Å²) in [7, 11) is 0. The number of rotatable bonds is 9. The molecule has 0 saturated carbocycles. The van der Waals surface area contributed by atoms with Crippen molar-refractivity contribution in [2.24, 2.45) is 0 Å². The van der Waals surface area contributed by atoms with Crippen LogP contribution in [0.4, 0.5) is 24.7 Å². The number of piperazine rings is 1. The third-order valence-corrected chi connectivity index (χ3v) is 6.25. The van der Waals surface area contributed by atoms with Gasteiger partial charge in [-0.25, -0.2) is 10.1 Å². The molecule has 3 heterocycles. The third-order valence-electron chi connectivity index (χ3n) is 6.25. The van der Waals surface area contributed by atoms with E-state index < -0.39 is 29.0 Å². The molecule has 4 rings (SSSR count). The molecule has 1 aliphatic heterocycles. The fourth-order valence-electron chi connectivity index (χ4n) is 4.23. The minimum absolute atomic E-state index is 0.0421. The van der Waals surface area contributed by atoms with Gasteiger partial charge in [0.2, 0.25) is 5.91 Å². The van der Waals surface area contributed by atoms with Gasteiger partial charge in [-0.1, -0.05) is 30.3 Å². The number of H-pyrrole nitrogens is 1. The van der Waals surface area contributed by atoms with E-state index in [-0.39, 0.29) is 25.5 Å². The standard InChI is InChI=1S/C26H26F3N7O3/c27-26(28,29)24-20(16-32-34-25(24)38)33-21(19-4-2-1-3-5-19)17-39-13-8-23(37)36-11-9-35(10-12-36)22-7-6-18(14-30)15-31-22/h1-7,15-16,21H,8-13,17H2,(H2,33,34,38)/t21-/m1/s1. The first kappa shape index (κ1) is 27.6. The lowest BCUT2D eigenvalue weighted by atomic mass is 10.1. The fourth-order valence-corrected chi connectivity index (χ4v) is 4.23. The Morgan fingerprint density at radius 3 is 2.51 bits per heavy atom. The van der Waals surface area contributed by atoms with Crippen LogP contribution >= 0.6 is 0 Å². The van der Waals surface area contributed by atoms with Crippen LogP contribution in [-0.2, 0) is 15.7 Å². The van der Waals surface area contributed by atoms with Crippen molar-refractivity contribution < 1.29 is 22.7 Å². The molecular formula is C26H26F3N7O3. The maximum Gasteiger partial charge on any atom is 0.423 e. The summed E-state index contributed by atoms with van der Waals surface area (Å²) in [5, 5.41) is 17.0. The minimum Gasteiger partial charge on any atom is -0.378 e. The summed E-state index contributed by atoms with van der Waals surface area (Å²) in [6, 6.07) is 13.5. The molecule has 1 fully saturated rings. The molecule has 0 bridgehead atoms. The number of carbonyl (C=O) groups excluding carboxylic acids is 1. The number of nitriles is 1. The highest BCUT2D eigenvalue weighted by Crippen LogP contribution is 2.33. The Hall–Kier alpha value is -4.44. The molecule has 0 radical (unpaired) electrons. The zero-order valence-corrected chi connectivity index (χ0v) is 20.8. The predicted octanol–water partition coefficient (Wildman–Crippen LogP) is 2.96. The summed E-state index contributed by atoms with van der Waals surface area (Å²) in [5.74, 6) is 0.651. The van der Waals surface area contributed by atoms with Gasteiger partial charge in [0.1, 0.15) is 17.5 Å². The van der Waals surface area contributed by atoms with Crippen LogP contribution < -0.4 is 15.8 Å². The molecule has 39 heavy (non-hydrogen) atoms. The molecule has 1 aromatic carbocycles. The van der Waals surface area contributed by atoms with Crippen molar-refractivity contribution in [2.75, 3.05) is 49.6 Å². The predicted molar refractivity (Wildman–Crippen MR) is 136 cm³/mol. The zero-order valence-electron chi connectivity index (χ0n) is 20.8. The van der Waals surface area contributed by atoms with Gasteiger partial charge in [-0.2, -0.15) is 23.5 Å². The van der Waals surface area contributed by atoms with Gasteiger partial charge >= 0.3 is 6.18 Å². The highest BCUT2D eigenvalue weighted by atomic mass is 19.4. The molecule has 1 aliphatic rings. The topological polar surface area (TPSA) is 127 Å². The summed E-state index contributed by atoms with van der Waals surface area (Å²) in [6.45, 7) is 2.23. The van der Waals surface area contributed by atoms with E-state index in [1.54, 1.807) is 47.4 Å². The van der Waals surface area contributed by atoms with Crippen LogP contribution in [0.15, 0.2) is 59.7 Å². The molecular weight excluding hydrogens is 515 g/mol. The number of nitrogens with zero attached hydrogens (tertiary/aromatic N) is 5. The van der Waals surface area contributed by atoms with Crippen molar-refractivity contribution >= 4 is 17.4 Å². The Bertz CT molecular complexity index is 1350. The van der Waals surface area contributed by atoms with Crippen LogP contribution in [0.25, 0.3) is 0 Å². The monoisotopic (exact) mass is 541 g/mol. The lowest BCUT2D eigenvalue weighted by Crippen LogP contribution is -2.49. The minimum atomic E-state index is -4.88. The Morgan fingerprint density at radius 2 is 1.87 bits per heavy atom. The van der Waals surface area contributed by atoms with Crippen LogP contribution in [0, 0.1) is 11.3 Å². The number of benzene rings is 1. The van der Waals surface area contributed by atoms with E-state index in [0.29, 0.717) is 37.3 Å². The number of halogens is 3. The molecule has 1 saturated heterocycles. The summed E-state index contributed by atoms with van der Waals surface area (Å²) in [6.07, 6.45) is -2.35. The second-order valence-corrected chi connectivity index (χ2v) is 8.80. The second-order valence-electron chi connectivity index (χ2n) is 8.80. The van der Waals surface area contributed by atoms with E-state index in [1.807, 2.05) is 16.1 Å².